The van der Waals surface area contributed by atoms with Crippen molar-refractivity contribution in [1.82, 2.24) is 0 Å². The Balaban J connectivity index is 1.75. The highest BCUT2D eigenvalue weighted by atomic mass is 32.2. The van der Waals surface area contributed by atoms with Crippen molar-refractivity contribution in [1.29, 1.82) is 0 Å². The molecule has 0 N–H and O–H groups in total. The average molecular weight is 361 g/mol. The zero-order valence-corrected chi connectivity index (χ0v) is 17.8. The summed E-state index contributed by atoms with van der Waals surface area (Å²) in [5.41, 5.74) is 2.78. The first-order valence-corrected chi connectivity index (χ1v) is 11.3. The highest BCUT2D eigenvalue weighted by Crippen LogP contribution is 2.69. The number of rotatable bonds is 1. The molecule has 3 fully saturated rings. The molecule has 2 unspecified atom stereocenters. The van der Waals surface area contributed by atoms with Gasteiger partial charge in [0.15, 0.2) is 0 Å². The van der Waals surface area contributed by atoms with E-state index in [1.165, 1.54) is 49.2 Å². The summed E-state index contributed by atoms with van der Waals surface area (Å²) in [4.78, 5) is 0. The fraction of sp³-hybridized carbons (Fsp3) is 0.826. The number of hydrogen-bond donors (Lipinski definition) is 0. The first-order chi connectivity index (χ1) is 11.7. The normalized spacial score (nSPS) is 48.4. The Hall–Kier alpha value is -0.370. The molecule has 1 heterocycles. The first kappa shape index (κ1) is 18.0. The second kappa shape index (κ2) is 5.81. The number of thioether (sulfide) groups is 1. The molecule has 1 nitrogen and oxygen atoms in total. The molecule has 140 valence electrons. The van der Waals surface area contributed by atoms with Crippen molar-refractivity contribution >= 4 is 11.8 Å². The molecule has 0 amide bonds. The van der Waals surface area contributed by atoms with E-state index in [4.69, 9.17) is 4.74 Å². The van der Waals surface area contributed by atoms with Gasteiger partial charge >= 0.3 is 0 Å². The molecule has 0 aromatic heterocycles. The van der Waals surface area contributed by atoms with Crippen molar-refractivity contribution in [2.45, 2.75) is 72.0 Å². The predicted octanol–water partition coefficient (Wildman–Crippen LogP) is 6.46. The molecule has 0 radical (unpaired) electrons. The monoisotopic (exact) mass is 360 g/mol. The summed E-state index contributed by atoms with van der Waals surface area (Å²) in [6.07, 6.45) is 11.9. The third-order valence-electron chi connectivity index (χ3n) is 8.67. The topological polar surface area (TPSA) is 9.23 Å². The average Bonchev–Trinajstić information content (AvgIpc) is 2.52. The van der Waals surface area contributed by atoms with Crippen LogP contribution in [0.2, 0.25) is 0 Å². The van der Waals surface area contributed by atoms with E-state index >= 15 is 0 Å². The van der Waals surface area contributed by atoms with Crippen LogP contribution in [0.25, 0.3) is 0 Å². The molecule has 1 aliphatic heterocycles. The quantitative estimate of drug-likeness (QED) is 0.531. The Kier molecular flexibility index (Phi) is 4.19. The van der Waals surface area contributed by atoms with Crippen LogP contribution < -0.4 is 0 Å². The lowest BCUT2D eigenvalue weighted by molar-refractivity contribution is -0.139. The van der Waals surface area contributed by atoms with Crippen molar-refractivity contribution in [2.75, 3.05) is 12.9 Å². The number of allylic oxidation sites excluding steroid dienone is 3. The Labute approximate surface area is 159 Å². The zero-order valence-electron chi connectivity index (χ0n) is 17.0. The minimum atomic E-state index is 0.383. The van der Waals surface area contributed by atoms with E-state index in [9.17, 15) is 0 Å². The van der Waals surface area contributed by atoms with Crippen LogP contribution in [0.5, 0.6) is 0 Å². The summed E-state index contributed by atoms with van der Waals surface area (Å²) in [6.45, 7) is 12.6. The molecule has 2 heteroatoms. The van der Waals surface area contributed by atoms with Crippen molar-refractivity contribution in [3.05, 3.63) is 23.5 Å². The van der Waals surface area contributed by atoms with E-state index in [1.807, 2.05) is 7.11 Å². The van der Waals surface area contributed by atoms with E-state index in [0.29, 0.717) is 27.4 Å². The minimum absolute atomic E-state index is 0.383. The van der Waals surface area contributed by atoms with Crippen LogP contribution in [-0.2, 0) is 4.74 Å². The van der Waals surface area contributed by atoms with Gasteiger partial charge in [-0.05, 0) is 72.5 Å². The Morgan fingerprint density at radius 2 is 1.80 bits per heavy atom. The fourth-order valence-corrected chi connectivity index (χ4v) is 9.68. The molecule has 1 saturated heterocycles. The van der Waals surface area contributed by atoms with Gasteiger partial charge in [-0.3, -0.25) is 0 Å². The van der Waals surface area contributed by atoms with E-state index < -0.39 is 0 Å². The standard InChI is InChI=1S/C23H36OS/c1-15-12-16(24-6)20-17(13-15)25-14-19-22(4)10-7-9-21(2,3)18(22)8-11-23(19,20)5/h12-13,17-20H,7-11,14H2,1-6H3/t17?,18-,19+,20?,22-,23+/m0/s1. The number of hydrogen-bond acceptors (Lipinski definition) is 2. The van der Waals surface area contributed by atoms with Crippen molar-refractivity contribution in [3.8, 4) is 0 Å². The largest absolute Gasteiger partial charge is 0.501 e. The van der Waals surface area contributed by atoms with Gasteiger partial charge in [0.2, 0.25) is 0 Å². The van der Waals surface area contributed by atoms with Crippen LogP contribution in [0, 0.1) is 34.0 Å². The molecule has 0 aromatic carbocycles. The smallest absolute Gasteiger partial charge is 0.101 e. The molecular formula is C23H36OS. The van der Waals surface area contributed by atoms with Gasteiger partial charge in [-0.1, -0.05) is 45.8 Å². The van der Waals surface area contributed by atoms with Crippen molar-refractivity contribution < 1.29 is 4.74 Å². The van der Waals surface area contributed by atoms with Crippen LogP contribution in [0.1, 0.15) is 66.7 Å². The van der Waals surface area contributed by atoms with E-state index in [2.05, 4.69) is 58.5 Å². The molecule has 25 heavy (non-hydrogen) atoms. The Bertz CT molecular complexity index is 618. The van der Waals surface area contributed by atoms with Gasteiger partial charge in [0.25, 0.3) is 0 Å². The summed E-state index contributed by atoms with van der Waals surface area (Å²) in [5, 5.41) is 0.609. The molecule has 2 saturated carbocycles. The van der Waals surface area contributed by atoms with E-state index in [1.54, 1.807) is 0 Å². The number of fused-ring (bicyclic) bond motifs is 5. The van der Waals surface area contributed by atoms with Crippen LogP contribution in [0.15, 0.2) is 23.5 Å². The molecule has 0 aromatic rings. The lowest BCUT2D eigenvalue weighted by atomic mass is 9.41. The van der Waals surface area contributed by atoms with Gasteiger partial charge in [0.1, 0.15) is 5.76 Å². The number of ether oxygens (including phenoxy) is 1. The van der Waals surface area contributed by atoms with Gasteiger partial charge in [-0.15, -0.1) is 0 Å². The van der Waals surface area contributed by atoms with Crippen LogP contribution in [0.3, 0.4) is 0 Å². The number of methoxy groups -OCH3 is 1. The predicted molar refractivity (Wildman–Crippen MR) is 109 cm³/mol. The summed E-state index contributed by atoms with van der Waals surface area (Å²) < 4.78 is 5.96. The minimum Gasteiger partial charge on any atom is -0.501 e. The fourth-order valence-electron chi connectivity index (χ4n) is 7.56. The Morgan fingerprint density at radius 1 is 1.04 bits per heavy atom. The lowest BCUT2D eigenvalue weighted by Crippen LogP contribution is -2.60. The maximum Gasteiger partial charge on any atom is 0.101 e. The summed E-state index contributed by atoms with van der Waals surface area (Å²) in [6, 6.07) is 0. The highest BCUT2D eigenvalue weighted by molar-refractivity contribution is 8.00. The van der Waals surface area contributed by atoms with Gasteiger partial charge < -0.3 is 4.74 Å². The Morgan fingerprint density at radius 3 is 2.52 bits per heavy atom. The summed E-state index contributed by atoms with van der Waals surface area (Å²) in [5.74, 6) is 4.85. The summed E-state index contributed by atoms with van der Waals surface area (Å²) >= 11 is 2.21. The van der Waals surface area contributed by atoms with Gasteiger partial charge in [0, 0.05) is 11.2 Å². The molecule has 4 aliphatic rings. The van der Waals surface area contributed by atoms with Gasteiger partial charge in [0.05, 0.1) is 7.11 Å². The highest BCUT2D eigenvalue weighted by Gasteiger charge is 2.63. The van der Waals surface area contributed by atoms with E-state index in [0.717, 1.165) is 11.8 Å². The summed E-state index contributed by atoms with van der Waals surface area (Å²) in [7, 11) is 1.89. The first-order valence-electron chi connectivity index (χ1n) is 10.3. The van der Waals surface area contributed by atoms with Crippen LogP contribution >= 0.6 is 11.8 Å². The third kappa shape index (κ3) is 2.49. The van der Waals surface area contributed by atoms with Crippen molar-refractivity contribution in [2.24, 2.45) is 34.0 Å². The van der Waals surface area contributed by atoms with Crippen LogP contribution in [0.4, 0.5) is 0 Å². The molecule has 0 bridgehead atoms. The molecular weight excluding hydrogens is 324 g/mol. The molecule has 4 rings (SSSR count). The maximum absolute atomic E-state index is 5.96. The molecule has 3 aliphatic carbocycles. The van der Waals surface area contributed by atoms with Gasteiger partial charge in [-0.25, -0.2) is 0 Å². The SMILES string of the molecule is COC1=CC(C)=CC2SC[C@@H]3[C@@]4(C)CCCC(C)(C)[C@@H]4CC[C@@]3(C)C12. The van der Waals surface area contributed by atoms with Gasteiger partial charge in [-0.2, -0.15) is 11.8 Å². The molecule has 6 atom stereocenters. The van der Waals surface area contributed by atoms with Crippen LogP contribution in [-0.4, -0.2) is 18.1 Å². The molecule has 0 spiro atoms. The maximum atomic E-state index is 5.96. The third-order valence-corrected chi connectivity index (χ3v) is 9.99. The second-order valence-electron chi connectivity index (χ2n) is 10.4. The van der Waals surface area contributed by atoms with Crippen molar-refractivity contribution in [3.63, 3.8) is 0 Å². The van der Waals surface area contributed by atoms with E-state index in [-0.39, 0.29) is 0 Å². The second-order valence-corrected chi connectivity index (χ2v) is 11.6. The zero-order chi connectivity index (χ0) is 18.0. The lowest BCUT2D eigenvalue weighted by Gasteiger charge is -2.66.